The second-order valence-corrected chi connectivity index (χ2v) is 10.5. The first-order valence-electron chi connectivity index (χ1n) is 11.1. The van der Waals surface area contributed by atoms with Crippen molar-refractivity contribution in [3.8, 4) is 0 Å². The van der Waals surface area contributed by atoms with Crippen molar-refractivity contribution in [3.05, 3.63) is 23.8 Å². The van der Waals surface area contributed by atoms with E-state index in [4.69, 9.17) is 4.74 Å². The molecule has 27 heavy (non-hydrogen) atoms. The van der Waals surface area contributed by atoms with Gasteiger partial charge in [-0.05, 0) is 79.8 Å². The quantitative estimate of drug-likeness (QED) is 0.643. The van der Waals surface area contributed by atoms with Crippen LogP contribution in [0.4, 0.5) is 0 Å². The molecule has 0 aromatic rings. The lowest BCUT2D eigenvalue weighted by Crippen LogP contribution is -2.56. The molecule has 3 unspecified atom stereocenters. The molecule has 4 saturated carbocycles. The average Bonchev–Trinajstić information content (AvgIpc) is 3.29. The number of allylic oxidation sites excluding steroid dienone is 1. The largest absolute Gasteiger partial charge is 0.451 e. The first kappa shape index (κ1) is 16.6. The van der Waals surface area contributed by atoms with Gasteiger partial charge in [0.1, 0.15) is 5.60 Å². The summed E-state index contributed by atoms with van der Waals surface area (Å²) in [5.41, 5.74) is 1.25. The van der Waals surface area contributed by atoms with E-state index in [2.05, 4.69) is 19.9 Å². The molecule has 1 spiro atoms. The van der Waals surface area contributed by atoms with E-state index in [1.807, 2.05) is 6.08 Å². The maximum Gasteiger partial charge on any atom is 0.331 e. The Morgan fingerprint density at radius 3 is 2.81 bits per heavy atom. The molecular formula is C24H30O3. The lowest BCUT2D eigenvalue weighted by atomic mass is 9.46. The van der Waals surface area contributed by atoms with Gasteiger partial charge in [0.05, 0.1) is 0 Å². The predicted molar refractivity (Wildman–Crippen MR) is 102 cm³/mol. The predicted octanol–water partition coefficient (Wildman–Crippen LogP) is 4.47. The Morgan fingerprint density at radius 1 is 1.22 bits per heavy atom. The summed E-state index contributed by atoms with van der Waals surface area (Å²) >= 11 is 0. The van der Waals surface area contributed by atoms with Gasteiger partial charge in [-0.15, -0.1) is 0 Å². The van der Waals surface area contributed by atoms with Crippen LogP contribution in [0.1, 0.15) is 58.8 Å². The molecule has 0 bridgehead atoms. The third-order valence-electron chi connectivity index (χ3n) is 9.73. The van der Waals surface area contributed by atoms with Crippen LogP contribution in [0.15, 0.2) is 23.8 Å². The van der Waals surface area contributed by atoms with Crippen LogP contribution in [0.5, 0.6) is 0 Å². The van der Waals surface area contributed by atoms with Crippen LogP contribution in [0, 0.1) is 46.8 Å². The Balaban J connectivity index is 1.42. The van der Waals surface area contributed by atoms with Gasteiger partial charge in [-0.25, -0.2) is 4.79 Å². The number of ether oxygens (including phenoxy) is 1. The molecule has 6 rings (SSSR count). The van der Waals surface area contributed by atoms with Crippen LogP contribution in [-0.2, 0) is 14.3 Å². The SMILES string of the molecule is CC[C@@H]1CC2=CC(=O)CC[C@@H]2C2CC[C@@]3(C)C(C21)[C@H]1C[C@H]1[C@@]31C=CC(=O)O1. The van der Waals surface area contributed by atoms with Crippen LogP contribution < -0.4 is 0 Å². The van der Waals surface area contributed by atoms with Crippen molar-refractivity contribution in [3.63, 3.8) is 0 Å². The van der Waals surface area contributed by atoms with Gasteiger partial charge >= 0.3 is 5.97 Å². The molecule has 0 N–H and O–H groups in total. The fourth-order valence-corrected chi connectivity index (χ4v) is 8.73. The van der Waals surface area contributed by atoms with E-state index in [0.29, 0.717) is 29.5 Å². The van der Waals surface area contributed by atoms with Gasteiger partial charge < -0.3 is 4.74 Å². The maximum absolute atomic E-state index is 12.1. The van der Waals surface area contributed by atoms with Crippen molar-refractivity contribution < 1.29 is 14.3 Å². The lowest BCUT2D eigenvalue weighted by Gasteiger charge is -2.59. The summed E-state index contributed by atoms with van der Waals surface area (Å²) in [5, 5.41) is 0. The van der Waals surface area contributed by atoms with Crippen molar-refractivity contribution in [2.45, 2.75) is 64.4 Å². The van der Waals surface area contributed by atoms with Gasteiger partial charge in [-0.2, -0.15) is 0 Å². The second kappa shape index (κ2) is 5.15. The zero-order valence-electron chi connectivity index (χ0n) is 16.4. The van der Waals surface area contributed by atoms with Gasteiger partial charge in [-0.3, -0.25) is 4.79 Å². The monoisotopic (exact) mass is 366 g/mol. The molecule has 3 nitrogen and oxygen atoms in total. The molecule has 5 aliphatic carbocycles. The van der Waals surface area contributed by atoms with Gasteiger partial charge in [0.15, 0.2) is 5.78 Å². The van der Waals surface area contributed by atoms with Crippen LogP contribution in [-0.4, -0.2) is 17.4 Å². The van der Waals surface area contributed by atoms with E-state index < -0.39 is 0 Å². The van der Waals surface area contributed by atoms with E-state index in [1.165, 1.54) is 24.8 Å². The van der Waals surface area contributed by atoms with Gasteiger partial charge in [-0.1, -0.05) is 25.8 Å². The maximum atomic E-state index is 12.1. The highest BCUT2D eigenvalue weighted by molar-refractivity contribution is 5.91. The first-order valence-corrected chi connectivity index (χ1v) is 11.1. The number of esters is 1. The Hall–Kier alpha value is -1.38. The summed E-state index contributed by atoms with van der Waals surface area (Å²) in [4.78, 5) is 24.1. The molecule has 0 radical (unpaired) electrons. The van der Waals surface area contributed by atoms with E-state index in [-0.39, 0.29) is 17.0 Å². The third-order valence-corrected chi connectivity index (χ3v) is 9.73. The zero-order chi connectivity index (χ0) is 18.6. The number of ketones is 1. The first-order chi connectivity index (χ1) is 13.0. The number of fused-ring (bicyclic) bond motifs is 9. The molecule has 3 heteroatoms. The van der Waals surface area contributed by atoms with Gasteiger partial charge in [0.25, 0.3) is 0 Å². The van der Waals surface area contributed by atoms with E-state index in [1.54, 1.807) is 6.08 Å². The van der Waals surface area contributed by atoms with Gasteiger partial charge in [0.2, 0.25) is 0 Å². The van der Waals surface area contributed by atoms with E-state index >= 15 is 0 Å². The number of carbonyl (C=O) groups excluding carboxylic acids is 2. The summed E-state index contributed by atoms with van der Waals surface area (Å²) in [6.07, 6.45) is 13.6. The highest BCUT2D eigenvalue weighted by atomic mass is 16.6. The van der Waals surface area contributed by atoms with Crippen molar-refractivity contribution in [2.24, 2.45) is 46.8 Å². The Morgan fingerprint density at radius 2 is 2.07 bits per heavy atom. The third kappa shape index (κ3) is 1.89. The molecule has 0 amide bonds. The van der Waals surface area contributed by atoms with Gasteiger partial charge in [0, 0.05) is 23.8 Å². The fraction of sp³-hybridized carbons (Fsp3) is 0.750. The molecule has 1 heterocycles. The normalized spacial score (nSPS) is 54.7. The van der Waals surface area contributed by atoms with Crippen LogP contribution in [0.2, 0.25) is 0 Å². The van der Waals surface area contributed by atoms with E-state index in [0.717, 1.165) is 43.4 Å². The zero-order valence-corrected chi connectivity index (χ0v) is 16.4. The topological polar surface area (TPSA) is 43.4 Å². The highest BCUT2D eigenvalue weighted by Crippen LogP contribution is 2.78. The summed E-state index contributed by atoms with van der Waals surface area (Å²) < 4.78 is 6.10. The molecule has 0 saturated heterocycles. The molecule has 144 valence electrons. The van der Waals surface area contributed by atoms with Crippen LogP contribution in [0.3, 0.4) is 0 Å². The molecule has 6 aliphatic rings. The second-order valence-electron chi connectivity index (χ2n) is 10.5. The Bertz CT molecular complexity index is 793. The van der Waals surface area contributed by atoms with Crippen LogP contribution in [0.25, 0.3) is 0 Å². The average molecular weight is 367 g/mol. The van der Waals surface area contributed by atoms with Crippen molar-refractivity contribution in [1.82, 2.24) is 0 Å². The Kier molecular flexibility index (Phi) is 3.16. The standard InChI is InChI=1S/C24H30O3/c1-3-13-10-14-11-15(25)4-5-16(14)17-6-8-23(2)22(21(13)17)18-12-19(18)24(23)9-7-20(26)27-24/h7,9,11,13,16-19,21-22H,3-6,8,10,12H2,1-2H3/t13-,16+,17?,18+,19-,21?,22?,23+,24+/m1/s1. The lowest BCUT2D eigenvalue weighted by molar-refractivity contribution is -0.170. The molecule has 0 aromatic heterocycles. The van der Waals surface area contributed by atoms with E-state index in [9.17, 15) is 9.59 Å². The van der Waals surface area contributed by atoms with Crippen LogP contribution >= 0.6 is 0 Å². The van der Waals surface area contributed by atoms with Crippen molar-refractivity contribution in [2.75, 3.05) is 0 Å². The molecule has 9 atom stereocenters. The molecular weight excluding hydrogens is 336 g/mol. The smallest absolute Gasteiger partial charge is 0.331 e. The number of hydrogen-bond acceptors (Lipinski definition) is 3. The summed E-state index contributed by atoms with van der Waals surface area (Å²) in [5.74, 6) is 4.99. The minimum Gasteiger partial charge on any atom is -0.451 e. The van der Waals surface area contributed by atoms with Crippen molar-refractivity contribution >= 4 is 11.8 Å². The molecule has 0 aromatic carbocycles. The molecule has 1 aliphatic heterocycles. The summed E-state index contributed by atoms with van der Waals surface area (Å²) in [6, 6.07) is 0. The number of hydrogen-bond donors (Lipinski definition) is 0. The highest BCUT2D eigenvalue weighted by Gasteiger charge is 2.78. The fourth-order valence-electron chi connectivity index (χ4n) is 8.73. The molecule has 4 fully saturated rings. The summed E-state index contributed by atoms with van der Waals surface area (Å²) in [6.45, 7) is 4.77. The number of carbonyl (C=O) groups is 2. The minimum atomic E-state index is -0.318. The minimum absolute atomic E-state index is 0.101. The summed E-state index contributed by atoms with van der Waals surface area (Å²) in [7, 11) is 0. The van der Waals surface area contributed by atoms with Crippen molar-refractivity contribution in [1.29, 1.82) is 0 Å². The Labute approximate surface area is 161 Å². The number of rotatable bonds is 1.